The van der Waals surface area contributed by atoms with Gasteiger partial charge in [0.2, 0.25) is 0 Å². The van der Waals surface area contributed by atoms with E-state index in [-0.39, 0.29) is 0 Å². The predicted molar refractivity (Wildman–Crippen MR) is 99.0 cm³/mol. The second-order valence-electron chi connectivity index (χ2n) is 6.99. The van der Waals surface area contributed by atoms with Crippen molar-refractivity contribution in [2.45, 2.75) is 45.3 Å². The van der Waals surface area contributed by atoms with Crippen molar-refractivity contribution in [1.29, 1.82) is 0 Å². The highest BCUT2D eigenvalue weighted by molar-refractivity contribution is 7.71. The van der Waals surface area contributed by atoms with E-state index in [9.17, 15) is 0 Å². The van der Waals surface area contributed by atoms with Gasteiger partial charge in [-0.1, -0.05) is 12.1 Å². The molecule has 3 aromatic rings. The summed E-state index contributed by atoms with van der Waals surface area (Å²) in [6.45, 7) is 6.92. The Morgan fingerprint density at radius 3 is 2.92 bits per heavy atom. The van der Waals surface area contributed by atoms with Gasteiger partial charge in [-0.2, -0.15) is 5.10 Å². The van der Waals surface area contributed by atoms with E-state index in [0.29, 0.717) is 12.0 Å². The SMILES string of the molecule is CC(C)n1cnn(CN2CCCC(c3nc4ccccc4o3)C2)c1=S. The third-order valence-electron chi connectivity index (χ3n) is 4.81. The first-order chi connectivity index (χ1) is 12.1. The van der Waals surface area contributed by atoms with Gasteiger partial charge in [-0.25, -0.2) is 9.67 Å². The number of fused-ring (bicyclic) bond motifs is 1. The van der Waals surface area contributed by atoms with Crippen molar-refractivity contribution in [2.75, 3.05) is 13.1 Å². The van der Waals surface area contributed by atoms with Gasteiger partial charge in [-0.05, 0) is 57.6 Å². The molecule has 1 saturated heterocycles. The molecular formula is C18H23N5OS. The van der Waals surface area contributed by atoms with Crippen LogP contribution in [0.15, 0.2) is 35.0 Å². The maximum atomic E-state index is 5.98. The number of nitrogens with zero attached hydrogens (tertiary/aromatic N) is 5. The third-order valence-corrected chi connectivity index (χ3v) is 5.23. The van der Waals surface area contributed by atoms with Crippen molar-refractivity contribution in [3.05, 3.63) is 41.3 Å². The first-order valence-electron chi connectivity index (χ1n) is 8.83. The monoisotopic (exact) mass is 357 g/mol. The van der Waals surface area contributed by atoms with Crippen LogP contribution in [0.1, 0.15) is 44.5 Å². The fourth-order valence-electron chi connectivity index (χ4n) is 3.44. The molecule has 0 radical (unpaired) electrons. The molecular weight excluding hydrogens is 334 g/mol. The quantitative estimate of drug-likeness (QED) is 0.661. The molecule has 1 fully saturated rings. The zero-order chi connectivity index (χ0) is 17.4. The summed E-state index contributed by atoms with van der Waals surface area (Å²) in [6, 6.07) is 8.28. The van der Waals surface area contributed by atoms with Crippen molar-refractivity contribution in [3.8, 4) is 0 Å². The van der Waals surface area contributed by atoms with Crippen molar-refractivity contribution in [1.82, 2.24) is 24.2 Å². The van der Waals surface area contributed by atoms with Gasteiger partial charge < -0.3 is 8.98 Å². The number of para-hydroxylation sites is 2. The summed E-state index contributed by atoms with van der Waals surface area (Å²) in [6.07, 6.45) is 4.06. The Morgan fingerprint density at radius 2 is 2.16 bits per heavy atom. The smallest absolute Gasteiger partial charge is 0.199 e. The summed E-state index contributed by atoms with van der Waals surface area (Å²) < 4.78 is 10.7. The van der Waals surface area contributed by atoms with Crippen LogP contribution in [0, 0.1) is 4.77 Å². The lowest BCUT2D eigenvalue weighted by Gasteiger charge is -2.30. The van der Waals surface area contributed by atoms with E-state index in [1.165, 1.54) is 0 Å². The number of aromatic nitrogens is 4. The van der Waals surface area contributed by atoms with Gasteiger partial charge in [0.05, 0.1) is 6.67 Å². The number of piperidine rings is 1. The van der Waals surface area contributed by atoms with Crippen molar-refractivity contribution in [2.24, 2.45) is 0 Å². The van der Waals surface area contributed by atoms with Gasteiger partial charge in [-0.15, -0.1) is 0 Å². The normalized spacial score (nSPS) is 19.1. The van der Waals surface area contributed by atoms with Crippen LogP contribution in [-0.2, 0) is 6.67 Å². The number of hydrogen-bond donors (Lipinski definition) is 0. The third kappa shape index (κ3) is 3.26. The lowest BCUT2D eigenvalue weighted by molar-refractivity contribution is 0.147. The summed E-state index contributed by atoms with van der Waals surface area (Å²) in [5.74, 6) is 1.17. The minimum absolute atomic E-state index is 0.322. The molecule has 0 saturated carbocycles. The van der Waals surface area contributed by atoms with Crippen molar-refractivity contribution in [3.63, 3.8) is 0 Å². The predicted octanol–water partition coefficient (Wildman–Crippen LogP) is 3.97. The molecule has 2 aromatic heterocycles. The van der Waals surface area contributed by atoms with E-state index >= 15 is 0 Å². The van der Waals surface area contributed by atoms with Crippen LogP contribution >= 0.6 is 12.2 Å². The van der Waals surface area contributed by atoms with E-state index in [1.54, 1.807) is 0 Å². The van der Waals surface area contributed by atoms with Crippen LogP contribution in [0.5, 0.6) is 0 Å². The van der Waals surface area contributed by atoms with Gasteiger partial charge in [0.25, 0.3) is 0 Å². The Labute approximate surface area is 152 Å². The topological polar surface area (TPSA) is 52.0 Å². The van der Waals surface area contributed by atoms with Gasteiger partial charge in [0.1, 0.15) is 11.8 Å². The summed E-state index contributed by atoms with van der Waals surface area (Å²) in [5, 5.41) is 4.46. The molecule has 0 spiro atoms. The standard InChI is InChI=1S/C18H23N5OS/c1-13(2)22-11-19-23(18(22)25)12-21-9-5-6-14(10-21)17-20-15-7-3-4-8-16(15)24-17/h3-4,7-8,11,13-14H,5-6,9-10,12H2,1-2H3. The van der Waals surface area contributed by atoms with Crippen LogP contribution in [0.4, 0.5) is 0 Å². The average Bonchev–Trinajstić information content (AvgIpc) is 3.19. The molecule has 1 aromatic carbocycles. The van der Waals surface area contributed by atoms with Gasteiger partial charge in [0, 0.05) is 18.5 Å². The van der Waals surface area contributed by atoms with Gasteiger partial charge in [-0.3, -0.25) is 4.90 Å². The lowest BCUT2D eigenvalue weighted by atomic mass is 9.98. The number of hydrogen-bond acceptors (Lipinski definition) is 5. The molecule has 1 atom stereocenters. The van der Waals surface area contributed by atoms with E-state index in [0.717, 1.165) is 54.4 Å². The van der Waals surface area contributed by atoms with Gasteiger partial charge >= 0.3 is 0 Å². The molecule has 25 heavy (non-hydrogen) atoms. The fraction of sp³-hybridized carbons (Fsp3) is 0.500. The summed E-state index contributed by atoms with van der Waals surface area (Å²) in [7, 11) is 0. The number of oxazole rings is 1. The van der Waals surface area contributed by atoms with E-state index in [2.05, 4.69) is 28.8 Å². The molecule has 0 aliphatic carbocycles. The molecule has 4 rings (SSSR count). The van der Waals surface area contributed by atoms with Crippen LogP contribution < -0.4 is 0 Å². The Morgan fingerprint density at radius 1 is 1.32 bits per heavy atom. The zero-order valence-electron chi connectivity index (χ0n) is 14.6. The van der Waals surface area contributed by atoms with Crippen molar-refractivity contribution < 1.29 is 4.42 Å². The first-order valence-corrected chi connectivity index (χ1v) is 9.24. The average molecular weight is 357 g/mol. The summed E-state index contributed by atoms with van der Waals surface area (Å²) in [4.78, 5) is 7.07. The highest BCUT2D eigenvalue weighted by Gasteiger charge is 2.26. The number of benzene rings is 1. The Hall–Kier alpha value is -1.99. The number of rotatable bonds is 4. The second-order valence-corrected chi connectivity index (χ2v) is 7.36. The maximum absolute atomic E-state index is 5.98. The number of likely N-dealkylation sites (tertiary alicyclic amines) is 1. The van der Waals surface area contributed by atoms with E-state index < -0.39 is 0 Å². The molecule has 1 aliphatic heterocycles. The highest BCUT2D eigenvalue weighted by atomic mass is 32.1. The fourth-order valence-corrected chi connectivity index (χ4v) is 3.80. The molecule has 1 aliphatic rings. The second kappa shape index (κ2) is 6.72. The molecule has 1 unspecified atom stereocenters. The highest BCUT2D eigenvalue weighted by Crippen LogP contribution is 2.29. The molecule has 6 nitrogen and oxygen atoms in total. The molecule has 3 heterocycles. The van der Waals surface area contributed by atoms with Crippen molar-refractivity contribution >= 4 is 23.3 Å². The van der Waals surface area contributed by atoms with Crippen LogP contribution in [0.3, 0.4) is 0 Å². The molecule has 0 amide bonds. The Balaban J connectivity index is 1.50. The van der Waals surface area contributed by atoms with Gasteiger partial charge in [0.15, 0.2) is 16.2 Å². The largest absolute Gasteiger partial charge is 0.440 e. The molecule has 0 N–H and O–H groups in total. The maximum Gasteiger partial charge on any atom is 0.199 e. The summed E-state index contributed by atoms with van der Waals surface area (Å²) in [5.41, 5.74) is 1.81. The van der Waals surface area contributed by atoms with Crippen LogP contribution in [0.2, 0.25) is 0 Å². The van der Waals surface area contributed by atoms with Crippen LogP contribution in [-0.4, -0.2) is 37.3 Å². The minimum Gasteiger partial charge on any atom is -0.440 e. The minimum atomic E-state index is 0.322. The zero-order valence-corrected chi connectivity index (χ0v) is 15.4. The molecule has 132 valence electrons. The van der Waals surface area contributed by atoms with E-state index in [4.69, 9.17) is 16.6 Å². The van der Waals surface area contributed by atoms with E-state index in [1.807, 2.05) is 39.8 Å². The Bertz CT molecular complexity index is 892. The van der Waals surface area contributed by atoms with Crippen LogP contribution in [0.25, 0.3) is 11.1 Å². The Kier molecular flexibility index (Phi) is 4.43. The molecule has 0 bridgehead atoms. The molecule has 7 heteroatoms. The summed E-state index contributed by atoms with van der Waals surface area (Å²) >= 11 is 5.54. The lowest BCUT2D eigenvalue weighted by Crippen LogP contribution is -2.36. The first kappa shape index (κ1) is 16.5.